The number of morpholine rings is 1. The number of pyridine rings is 1. The SMILES string of the molecule is O[C@@H](C[C@H]1COCCN1CCc1ccncc1)c1cccs1. The molecule has 0 saturated carbocycles. The van der Waals surface area contributed by atoms with Crippen LogP contribution in [0.1, 0.15) is 23.0 Å². The summed E-state index contributed by atoms with van der Waals surface area (Å²) in [6.07, 6.45) is 5.03. The quantitative estimate of drug-likeness (QED) is 0.889. The van der Waals surface area contributed by atoms with Crippen LogP contribution in [0.15, 0.2) is 42.0 Å². The minimum absolute atomic E-state index is 0.285. The van der Waals surface area contributed by atoms with Gasteiger partial charge in [-0.15, -0.1) is 11.3 Å². The van der Waals surface area contributed by atoms with E-state index >= 15 is 0 Å². The van der Waals surface area contributed by atoms with Crippen LogP contribution in [0.5, 0.6) is 0 Å². The highest BCUT2D eigenvalue weighted by Gasteiger charge is 2.26. The zero-order chi connectivity index (χ0) is 15.2. The van der Waals surface area contributed by atoms with Gasteiger partial charge in [0.1, 0.15) is 0 Å². The molecule has 0 aliphatic carbocycles. The molecule has 3 heterocycles. The first-order valence-electron chi connectivity index (χ1n) is 7.75. The van der Waals surface area contributed by atoms with Gasteiger partial charge in [0.2, 0.25) is 0 Å². The second-order valence-corrected chi connectivity index (χ2v) is 6.62. The second-order valence-electron chi connectivity index (χ2n) is 5.64. The molecule has 2 atom stereocenters. The fraction of sp³-hybridized carbons (Fsp3) is 0.471. The van der Waals surface area contributed by atoms with E-state index in [1.165, 1.54) is 5.56 Å². The molecule has 2 aromatic rings. The smallest absolute Gasteiger partial charge is 0.0897 e. The van der Waals surface area contributed by atoms with Crippen LogP contribution in [0.4, 0.5) is 0 Å². The van der Waals surface area contributed by atoms with Crippen molar-refractivity contribution < 1.29 is 9.84 Å². The van der Waals surface area contributed by atoms with Gasteiger partial charge >= 0.3 is 0 Å². The van der Waals surface area contributed by atoms with Crippen molar-refractivity contribution in [2.24, 2.45) is 0 Å². The van der Waals surface area contributed by atoms with Gasteiger partial charge in [-0.25, -0.2) is 0 Å². The van der Waals surface area contributed by atoms with Crippen molar-refractivity contribution >= 4 is 11.3 Å². The van der Waals surface area contributed by atoms with Crippen LogP contribution in [0.2, 0.25) is 0 Å². The van der Waals surface area contributed by atoms with Crippen molar-refractivity contribution in [2.75, 3.05) is 26.3 Å². The van der Waals surface area contributed by atoms with Crippen molar-refractivity contribution in [1.82, 2.24) is 9.88 Å². The molecule has 1 saturated heterocycles. The van der Waals surface area contributed by atoms with Gasteiger partial charge in [-0.3, -0.25) is 9.88 Å². The zero-order valence-electron chi connectivity index (χ0n) is 12.6. The molecule has 1 aliphatic heterocycles. The van der Waals surface area contributed by atoms with Gasteiger partial charge in [-0.2, -0.15) is 0 Å². The summed E-state index contributed by atoms with van der Waals surface area (Å²) in [5.74, 6) is 0. The Morgan fingerprint density at radius 2 is 2.23 bits per heavy atom. The van der Waals surface area contributed by atoms with Crippen LogP contribution < -0.4 is 0 Å². The number of nitrogens with zero attached hydrogens (tertiary/aromatic N) is 2. The van der Waals surface area contributed by atoms with E-state index in [-0.39, 0.29) is 6.04 Å². The second kappa shape index (κ2) is 7.83. The summed E-state index contributed by atoms with van der Waals surface area (Å²) in [5, 5.41) is 12.4. The molecular formula is C17H22N2O2S. The lowest BCUT2D eigenvalue weighted by Gasteiger charge is -2.36. The van der Waals surface area contributed by atoms with Gasteiger partial charge in [-0.05, 0) is 42.0 Å². The molecule has 0 spiro atoms. The van der Waals surface area contributed by atoms with Crippen molar-refractivity contribution in [2.45, 2.75) is 25.0 Å². The Labute approximate surface area is 135 Å². The van der Waals surface area contributed by atoms with Crippen LogP contribution in [0, 0.1) is 0 Å². The van der Waals surface area contributed by atoms with Crippen molar-refractivity contribution in [3.63, 3.8) is 0 Å². The molecule has 1 fully saturated rings. The molecule has 4 nitrogen and oxygen atoms in total. The van der Waals surface area contributed by atoms with E-state index in [4.69, 9.17) is 4.74 Å². The zero-order valence-corrected chi connectivity index (χ0v) is 13.4. The molecule has 1 N–H and O–H groups in total. The van der Waals surface area contributed by atoms with Crippen LogP contribution in [-0.2, 0) is 11.2 Å². The Morgan fingerprint density at radius 1 is 1.36 bits per heavy atom. The van der Waals surface area contributed by atoms with E-state index < -0.39 is 6.10 Å². The van der Waals surface area contributed by atoms with Crippen molar-refractivity contribution in [3.05, 3.63) is 52.5 Å². The van der Waals surface area contributed by atoms with E-state index in [1.54, 1.807) is 11.3 Å². The topological polar surface area (TPSA) is 45.6 Å². The van der Waals surface area contributed by atoms with Gasteiger partial charge in [0.05, 0.1) is 19.3 Å². The fourth-order valence-electron chi connectivity index (χ4n) is 2.88. The van der Waals surface area contributed by atoms with Crippen LogP contribution in [-0.4, -0.2) is 47.3 Å². The first-order valence-corrected chi connectivity index (χ1v) is 8.63. The highest BCUT2D eigenvalue weighted by atomic mass is 32.1. The fourth-order valence-corrected chi connectivity index (χ4v) is 3.60. The highest BCUT2D eigenvalue weighted by molar-refractivity contribution is 7.10. The lowest BCUT2D eigenvalue weighted by molar-refractivity contribution is -0.0251. The molecule has 118 valence electrons. The molecule has 0 aromatic carbocycles. The first-order chi connectivity index (χ1) is 10.8. The van der Waals surface area contributed by atoms with E-state index in [0.29, 0.717) is 6.61 Å². The molecule has 0 bridgehead atoms. The Morgan fingerprint density at radius 3 is 3.00 bits per heavy atom. The molecule has 0 amide bonds. The lowest BCUT2D eigenvalue weighted by Crippen LogP contribution is -2.46. The van der Waals surface area contributed by atoms with Crippen LogP contribution in [0.25, 0.3) is 0 Å². The summed E-state index contributed by atoms with van der Waals surface area (Å²) in [4.78, 5) is 7.54. The summed E-state index contributed by atoms with van der Waals surface area (Å²) in [5.41, 5.74) is 1.30. The van der Waals surface area contributed by atoms with E-state index in [2.05, 4.69) is 22.0 Å². The Kier molecular flexibility index (Phi) is 5.56. The first kappa shape index (κ1) is 15.6. The molecule has 1 aliphatic rings. The molecule has 5 heteroatoms. The number of aliphatic hydroxyl groups excluding tert-OH is 1. The number of hydrogen-bond donors (Lipinski definition) is 1. The Bertz CT molecular complexity index is 547. The van der Waals surface area contributed by atoms with Gasteiger partial charge in [0.25, 0.3) is 0 Å². The molecule has 0 radical (unpaired) electrons. The highest BCUT2D eigenvalue weighted by Crippen LogP contribution is 2.26. The van der Waals surface area contributed by atoms with Crippen LogP contribution in [0.3, 0.4) is 0 Å². The third-order valence-electron chi connectivity index (χ3n) is 4.15. The monoisotopic (exact) mass is 318 g/mol. The average molecular weight is 318 g/mol. The number of aliphatic hydroxyl groups is 1. The van der Waals surface area contributed by atoms with Crippen molar-refractivity contribution in [1.29, 1.82) is 0 Å². The molecular weight excluding hydrogens is 296 g/mol. The minimum Gasteiger partial charge on any atom is -0.388 e. The number of ether oxygens (including phenoxy) is 1. The predicted octanol–water partition coefficient (Wildman–Crippen LogP) is 2.51. The van der Waals surface area contributed by atoms with Gasteiger partial charge < -0.3 is 9.84 Å². The summed E-state index contributed by atoms with van der Waals surface area (Å²) in [7, 11) is 0. The Balaban J connectivity index is 1.56. The summed E-state index contributed by atoms with van der Waals surface area (Å²) >= 11 is 1.61. The molecule has 2 aromatic heterocycles. The normalized spacial score (nSPS) is 20.9. The van der Waals surface area contributed by atoms with Gasteiger partial charge in [0.15, 0.2) is 0 Å². The van der Waals surface area contributed by atoms with Gasteiger partial charge in [-0.1, -0.05) is 6.07 Å². The van der Waals surface area contributed by atoms with E-state index in [1.807, 2.05) is 29.9 Å². The average Bonchev–Trinajstić information content (AvgIpc) is 3.10. The van der Waals surface area contributed by atoms with E-state index in [9.17, 15) is 5.11 Å². The summed E-state index contributed by atoms with van der Waals surface area (Å²) < 4.78 is 5.62. The maximum atomic E-state index is 10.4. The summed E-state index contributed by atoms with van der Waals surface area (Å²) in [6, 6.07) is 8.40. The maximum Gasteiger partial charge on any atom is 0.0897 e. The molecule has 22 heavy (non-hydrogen) atoms. The van der Waals surface area contributed by atoms with Crippen molar-refractivity contribution in [3.8, 4) is 0 Å². The minimum atomic E-state index is -0.393. The van der Waals surface area contributed by atoms with Crippen LogP contribution >= 0.6 is 11.3 Å². The number of hydrogen-bond acceptors (Lipinski definition) is 5. The van der Waals surface area contributed by atoms with E-state index in [0.717, 1.165) is 37.4 Å². The number of thiophene rings is 1. The Hall–Kier alpha value is -1.27. The number of rotatable bonds is 6. The third-order valence-corrected chi connectivity index (χ3v) is 5.13. The predicted molar refractivity (Wildman–Crippen MR) is 88.0 cm³/mol. The van der Waals surface area contributed by atoms with Gasteiger partial charge in [0, 0.05) is 36.4 Å². The summed E-state index contributed by atoms with van der Waals surface area (Å²) in [6.45, 7) is 3.42. The lowest BCUT2D eigenvalue weighted by atomic mass is 10.0. The number of aromatic nitrogens is 1. The molecule has 0 unspecified atom stereocenters. The molecule has 3 rings (SSSR count). The largest absolute Gasteiger partial charge is 0.388 e. The maximum absolute atomic E-state index is 10.4. The standard InChI is InChI=1S/C17H22N2O2S/c20-16(17-2-1-11-22-17)12-15-13-21-10-9-19(15)8-5-14-3-6-18-7-4-14/h1-4,6-7,11,15-16,20H,5,8-10,12-13H2/t15-,16-/m0/s1. The third kappa shape index (κ3) is 4.14.